The third-order valence-electron chi connectivity index (χ3n) is 3.44. The third kappa shape index (κ3) is 3.59. The van der Waals surface area contributed by atoms with Gasteiger partial charge in [-0.25, -0.2) is 4.79 Å². The first-order valence-corrected chi connectivity index (χ1v) is 6.81. The van der Waals surface area contributed by atoms with Gasteiger partial charge in [0.2, 0.25) is 0 Å². The standard InChI is InChI=1S/C15H19NO5/c1-9-3-4-10(2)13(15(18)19)12(9)14(17)16-7-11-8-20-5-6-21-11/h3-4,11H,5-8H2,1-2H3,(H,16,17)(H,18,19). The van der Waals surface area contributed by atoms with E-state index in [0.717, 1.165) is 0 Å². The van der Waals surface area contributed by atoms with Gasteiger partial charge in [-0.05, 0) is 25.0 Å². The van der Waals surface area contributed by atoms with Crippen LogP contribution in [0.3, 0.4) is 0 Å². The van der Waals surface area contributed by atoms with Crippen molar-refractivity contribution in [2.75, 3.05) is 26.4 Å². The summed E-state index contributed by atoms with van der Waals surface area (Å²) in [5, 5.41) is 12.0. The average Bonchev–Trinajstić information content (AvgIpc) is 2.47. The summed E-state index contributed by atoms with van der Waals surface area (Å²) in [5.41, 5.74) is 1.46. The van der Waals surface area contributed by atoms with Gasteiger partial charge in [-0.1, -0.05) is 12.1 Å². The van der Waals surface area contributed by atoms with Crippen molar-refractivity contribution in [3.05, 3.63) is 34.4 Å². The van der Waals surface area contributed by atoms with Crippen LogP contribution in [0.5, 0.6) is 0 Å². The second kappa shape index (κ2) is 6.69. The van der Waals surface area contributed by atoms with Crippen LogP contribution in [0.2, 0.25) is 0 Å². The minimum atomic E-state index is -1.10. The SMILES string of the molecule is Cc1ccc(C)c(C(=O)NCC2COCCO2)c1C(=O)O. The Hall–Kier alpha value is -1.92. The number of amides is 1. The molecule has 6 nitrogen and oxygen atoms in total. The summed E-state index contributed by atoms with van der Waals surface area (Å²) in [6.45, 7) is 5.19. The number of carboxylic acid groups (broad SMARTS) is 1. The molecule has 1 aliphatic rings. The number of aryl methyl sites for hydroxylation is 2. The number of benzene rings is 1. The lowest BCUT2D eigenvalue weighted by Gasteiger charge is -2.23. The molecule has 0 spiro atoms. The fourth-order valence-electron chi connectivity index (χ4n) is 2.33. The van der Waals surface area contributed by atoms with Crippen LogP contribution in [0.25, 0.3) is 0 Å². The lowest BCUT2D eigenvalue weighted by atomic mass is 9.96. The topological polar surface area (TPSA) is 84.9 Å². The molecular formula is C15H19NO5. The summed E-state index contributed by atoms with van der Waals surface area (Å²) in [6, 6.07) is 3.45. The highest BCUT2D eigenvalue weighted by molar-refractivity contribution is 6.06. The number of ether oxygens (including phenoxy) is 2. The van der Waals surface area contributed by atoms with Gasteiger partial charge in [0.05, 0.1) is 37.1 Å². The van der Waals surface area contributed by atoms with Gasteiger partial charge in [-0.15, -0.1) is 0 Å². The molecule has 1 aromatic carbocycles. The first kappa shape index (κ1) is 15.5. The highest BCUT2D eigenvalue weighted by atomic mass is 16.6. The molecular weight excluding hydrogens is 274 g/mol. The molecule has 1 atom stereocenters. The van der Waals surface area contributed by atoms with E-state index < -0.39 is 11.9 Å². The van der Waals surface area contributed by atoms with Gasteiger partial charge in [-0.2, -0.15) is 0 Å². The molecule has 1 amide bonds. The zero-order chi connectivity index (χ0) is 15.4. The van der Waals surface area contributed by atoms with E-state index >= 15 is 0 Å². The fourth-order valence-corrected chi connectivity index (χ4v) is 2.33. The van der Waals surface area contributed by atoms with Crippen LogP contribution in [-0.4, -0.2) is 49.5 Å². The Morgan fingerprint density at radius 2 is 1.90 bits per heavy atom. The second-order valence-electron chi connectivity index (χ2n) is 5.03. The Morgan fingerprint density at radius 1 is 1.24 bits per heavy atom. The van der Waals surface area contributed by atoms with E-state index in [4.69, 9.17) is 9.47 Å². The van der Waals surface area contributed by atoms with Crippen molar-refractivity contribution in [3.8, 4) is 0 Å². The highest BCUT2D eigenvalue weighted by Crippen LogP contribution is 2.19. The smallest absolute Gasteiger partial charge is 0.336 e. The van der Waals surface area contributed by atoms with Gasteiger partial charge in [-0.3, -0.25) is 4.79 Å². The minimum absolute atomic E-state index is 0.0494. The van der Waals surface area contributed by atoms with Crippen molar-refractivity contribution in [2.24, 2.45) is 0 Å². The number of hydrogen-bond donors (Lipinski definition) is 2. The number of nitrogens with one attached hydrogen (secondary N) is 1. The predicted molar refractivity (Wildman–Crippen MR) is 75.8 cm³/mol. The maximum Gasteiger partial charge on any atom is 0.336 e. The van der Waals surface area contributed by atoms with Crippen molar-refractivity contribution in [1.82, 2.24) is 5.32 Å². The van der Waals surface area contributed by atoms with Crippen LogP contribution < -0.4 is 5.32 Å². The maximum absolute atomic E-state index is 12.3. The first-order valence-electron chi connectivity index (χ1n) is 6.81. The highest BCUT2D eigenvalue weighted by Gasteiger charge is 2.22. The van der Waals surface area contributed by atoms with E-state index in [0.29, 0.717) is 37.5 Å². The van der Waals surface area contributed by atoms with Crippen LogP contribution in [0.4, 0.5) is 0 Å². The average molecular weight is 293 g/mol. The summed E-state index contributed by atoms with van der Waals surface area (Å²) in [4.78, 5) is 23.7. The number of aromatic carboxylic acids is 1. The van der Waals surface area contributed by atoms with Crippen LogP contribution in [0.15, 0.2) is 12.1 Å². The van der Waals surface area contributed by atoms with Crippen LogP contribution in [0.1, 0.15) is 31.8 Å². The minimum Gasteiger partial charge on any atom is -0.478 e. The number of carbonyl (C=O) groups is 2. The maximum atomic E-state index is 12.3. The molecule has 2 rings (SSSR count). The van der Waals surface area contributed by atoms with Gasteiger partial charge < -0.3 is 19.9 Å². The van der Waals surface area contributed by atoms with Gasteiger partial charge in [0.25, 0.3) is 5.91 Å². The number of carbonyl (C=O) groups excluding carboxylic acids is 1. The fraction of sp³-hybridized carbons (Fsp3) is 0.467. The Kier molecular flexibility index (Phi) is 4.93. The third-order valence-corrected chi connectivity index (χ3v) is 3.44. The molecule has 6 heteroatoms. The van der Waals surface area contributed by atoms with E-state index in [1.165, 1.54) is 0 Å². The number of hydrogen-bond acceptors (Lipinski definition) is 4. The normalized spacial score (nSPS) is 18.3. The first-order chi connectivity index (χ1) is 10.0. The van der Waals surface area contributed by atoms with Gasteiger partial charge in [0.15, 0.2) is 0 Å². The van der Waals surface area contributed by atoms with Crippen molar-refractivity contribution in [2.45, 2.75) is 20.0 Å². The Bertz CT molecular complexity index is 549. The quantitative estimate of drug-likeness (QED) is 0.870. The molecule has 1 heterocycles. The molecule has 1 saturated heterocycles. The van der Waals surface area contributed by atoms with E-state index in [9.17, 15) is 14.7 Å². The van der Waals surface area contributed by atoms with Crippen LogP contribution in [-0.2, 0) is 9.47 Å². The van der Waals surface area contributed by atoms with E-state index in [1.807, 2.05) is 0 Å². The molecule has 0 aliphatic carbocycles. The summed E-state index contributed by atoms with van der Waals surface area (Å²) >= 11 is 0. The summed E-state index contributed by atoms with van der Waals surface area (Å²) in [5.74, 6) is -1.50. The van der Waals surface area contributed by atoms with Crippen molar-refractivity contribution in [1.29, 1.82) is 0 Å². The molecule has 114 valence electrons. The summed E-state index contributed by atoms with van der Waals surface area (Å²) < 4.78 is 10.7. The Morgan fingerprint density at radius 3 is 2.48 bits per heavy atom. The van der Waals surface area contributed by atoms with Crippen LogP contribution in [0, 0.1) is 13.8 Å². The molecule has 0 aromatic heterocycles. The molecule has 1 aliphatic heterocycles. The van der Waals surface area contributed by atoms with Gasteiger partial charge >= 0.3 is 5.97 Å². The van der Waals surface area contributed by atoms with Crippen molar-refractivity contribution >= 4 is 11.9 Å². The summed E-state index contributed by atoms with van der Waals surface area (Å²) in [6.07, 6.45) is -0.193. The monoisotopic (exact) mass is 293 g/mol. The zero-order valence-electron chi connectivity index (χ0n) is 12.1. The van der Waals surface area contributed by atoms with E-state index in [2.05, 4.69) is 5.32 Å². The molecule has 0 saturated carbocycles. The molecule has 0 radical (unpaired) electrons. The molecule has 1 fully saturated rings. The lowest BCUT2D eigenvalue weighted by molar-refractivity contribution is -0.0855. The second-order valence-corrected chi connectivity index (χ2v) is 5.03. The van der Waals surface area contributed by atoms with Crippen molar-refractivity contribution < 1.29 is 24.2 Å². The van der Waals surface area contributed by atoms with E-state index in [-0.39, 0.29) is 17.2 Å². The number of rotatable bonds is 4. The molecule has 2 N–H and O–H groups in total. The van der Waals surface area contributed by atoms with Gasteiger partial charge in [0, 0.05) is 6.54 Å². The molecule has 0 bridgehead atoms. The predicted octanol–water partition coefficient (Wildman–Crippen LogP) is 1.15. The molecule has 1 unspecified atom stereocenters. The lowest BCUT2D eigenvalue weighted by Crippen LogP contribution is -2.40. The molecule has 21 heavy (non-hydrogen) atoms. The zero-order valence-corrected chi connectivity index (χ0v) is 12.1. The Balaban J connectivity index is 2.14. The number of carboxylic acids is 1. The van der Waals surface area contributed by atoms with Crippen LogP contribution >= 0.6 is 0 Å². The van der Waals surface area contributed by atoms with Crippen molar-refractivity contribution in [3.63, 3.8) is 0 Å². The largest absolute Gasteiger partial charge is 0.478 e. The Labute approximate surface area is 123 Å². The van der Waals surface area contributed by atoms with Gasteiger partial charge in [0.1, 0.15) is 0 Å². The van der Waals surface area contributed by atoms with E-state index in [1.54, 1.807) is 26.0 Å². The molecule has 1 aromatic rings. The summed E-state index contributed by atoms with van der Waals surface area (Å²) in [7, 11) is 0.